The second kappa shape index (κ2) is 6.29. The van der Waals surface area contributed by atoms with E-state index in [1.807, 2.05) is 13.8 Å². The van der Waals surface area contributed by atoms with Gasteiger partial charge in [0.15, 0.2) is 0 Å². The first-order chi connectivity index (χ1) is 6.35. The van der Waals surface area contributed by atoms with Crippen molar-refractivity contribution in [1.82, 2.24) is 4.90 Å². The zero-order valence-corrected chi connectivity index (χ0v) is 8.97. The van der Waals surface area contributed by atoms with Crippen LogP contribution in [0.25, 0.3) is 0 Å². The van der Waals surface area contributed by atoms with Gasteiger partial charge in [0.2, 0.25) is 0 Å². The summed E-state index contributed by atoms with van der Waals surface area (Å²) in [6, 6.07) is 0. The quantitative estimate of drug-likeness (QED) is 0.598. The van der Waals surface area contributed by atoms with Crippen LogP contribution in [-0.4, -0.2) is 45.1 Å². The van der Waals surface area contributed by atoms with Crippen LogP contribution in [0, 0.1) is 5.92 Å². The van der Waals surface area contributed by atoms with E-state index in [9.17, 15) is 12.9 Å². The van der Waals surface area contributed by atoms with Gasteiger partial charge in [0.05, 0.1) is 6.61 Å². The van der Waals surface area contributed by atoms with Crippen molar-refractivity contribution in [2.45, 2.75) is 13.8 Å². The normalized spacial score (nSPS) is 12.9. The Labute approximate surface area is 83.5 Å². The molecule has 0 rings (SSSR count). The molecule has 0 aliphatic rings. The van der Waals surface area contributed by atoms with Crippen LogP contribution >= 0.6 is 0 Å². The van der Waals surface area contributed by atoms with Gasteiger partial charge in [0.1, 0.15) is 0 Å². The highest BCUT2D eigenvalue weighted by Crippen LogP contribution is 2.11. The SMILES string of the molecule is COCCN(CC(C)C)C[B-](F)(F)F. The highest BCUT2D eigenvalue weighted by Gasteiger charge is 2.26. The topological polar surface area (TPSA) is 12.5 Å². The van der Waals surface area contributed by atoms with Crippen molar-refractivity contribution in [2.24, 2.45) is 5.92 Å². The third-order valence-corrected chi connectivity index (χ3v) is 1.70. The second-order valence-corrected chi connectivity index (χ2v) is 3.86. The van der Waals surface area contributed by atoms with Crippen LogP contribution in [0.1, 0.15) is 13.8 Å². The zero-order valence-electron chi connectivity index (χ0n) is 8.97. The average Bonchev–Trinajstić information content (AvgIpc) is 1.96. The molecule has 0 aliphatic carbocycles. The summed E-state index contributed by atoms with van der Waals surface area (Å²) in [5.41, 5.74) is 0. The van der Waals surface area contributed by atoms with Gasteiger partial charge in [0.25, 0.3) is 0 Å². The summed E-state index contributed by atoms with van der Waals surface area (Å²) in [6.07, 6.45) is -0.790. The molecule has 0 spiro atoms. The lowest BCUT2D eigenvalue weighted by Gasteiger charge is -2.28. The molecule has 6 heteroatoms. The maximum Gasteiger partial charge on any atom is 0.492 e. The first-order valence-corrected chi connectivity index (χ1v) is 4.77. The first-order valence-electron chi connectivity index (χ1n) is 4.77. The minimum atomic E-state index is -4.73. The molecule has 86 valence electrons. The average molecular weight is 212 g/mol. The van der Waals surface area contributed by atoms with Crippen LogP contribution in [-0.2, 0) is 4.74 Å². The lowest BCUT2D eigenvalue weighted by molar-refractivity contribution is 0.144. The lowest BCUT2D eigenvalue weighted by atomic mass is 9.91. The molecule has 0 unspecified atom stereocenters. The van der Waals surface area contributed by atoms with Gasteiger partial charge < -0.3 is 22.6 Å². The number of hydrogen-bond acceptors (Lipinski definition) is 2. The number of nitrogens with zero attached hydrogens (tertiary/aromatic N) is 1. The Hall–Kier alpha value is -0.225. The highest BCUT2D eigenvalue weighted by molar-refractivity contribution is 6.58. The van der Waals surface area contributed by atoms with Crippen molar-refractivity contribution in [2.75, 3.05) is 33.3 Å². The van der Waals surface area contributed by atoms with Gasteiger partial charge in [-0.2, -0.15) is 0 Å². The Bertz CT molecular complexity index is 152. The van der Waals surface area contributed by atoms with Crippen molar-refractivity contribution >= 4 is 6.98 Å². The van der Waals surface area contributed by atoms with Crippen molar-refractivity contribution in [1.29, 1.82) is 0 Å². The molecule has 0 radical (unpaired) electrons. The van der Waals surface area contributed by atoms with E-state index in [-0.39, 0.29) is 5.92 Å². The van der Waals surface area contributed by atoms with E-state index in [1.165, 1.54) is 12.0 Å². The predicted molar refractivity (Wildman–Crippen MR) is 52.2 cm³/mol. The first kappa shape index (κ1) is 13.8. The van der Waals surface area contributed by atoms with E-state index < -0.39 is 13.4 Å². The number of hydrogen-bond donors (Lipinski definition) is 0. The molecular weight excluding hydrogens is 194 g/mol. The molecule has 2 nitrogen and oxygen atoms in total. The van der Waals surface area contributed by atoms with Crippen LogP contribution < -0.4 is 0 Å². The smallest absolute Gasteiger partial charge is 0.448 e. The van der Waals surface area contributed by atoms with E-state index in [2.05, 4.69) is 0 Å². The van der Waals surface area contributed by atoms with Crippen LogP contribution in [0.4, 0.5) is 12.9 Å². The number of halogens is 3. The third-order valence-electron chi connectivity index (χ3n) is 1.70. The van der Waals surface area contributed by atoms with Gasteiger partial charge in [-0.05, 0) is 18.9 Å². The van der Waals surface area contributed by atoms with Gasteiger partial charge in [0, 0.05) is 13.7 Å². The molecule has 0 saturated carbocycles. The summed E-state index contributed by atoms with van der Waals surface area (Å²) in [4.78, 5) is 1.40. The third kappa shape index (κ3) is 8.38. The standard InChI is InChI=1S/C8H18BF3NO/c1-8(2)6-13(4-5-14-3)7-9(10,11)12/h8H,4-7H2,1-3H3/q-1. The van der Waals surface area contributed by atoms with Crippen molar-refractivity contribution in [3.05, 3.63) is 0 Å². The molecule has 0 aromatic carbocycles. The van der Waals surface area contributed by atoms with E-state index >= 15 is 0 Å². The van der Waals surface area contributed by atoms with Crippen LogP contribution in [0.2, 0.25) is 0 Å². The van der Waals surface area contributed by atoms with Crippen molar-refractivity contribution < 1.29 is 17.7 Å². The maximum atomic E-state index is 12.2. The number of rotatable bonds is 7. The van der Waals surface area contributed by atoms with Crippen LogP contribution in [0.3, 0.4) is 0 Å². The van der Waals surface area contributed by atoms with Crippen molar-refractivity contribution in [3.63, 3.8) is 0 Å². The van der Waals surface area contributed by atoms with Gasteiger partial charge in [-0.3, -0.25) is 0 Å². The van der Waals surface area contributed by atoms with Crippen LogP contribution in [0.5, 0.6) is 0 Å². The molecule has 0 fully saturated rings. The van der Waals surface area contributed by atoms with E-state index in [0.717, 1.165) is 0 Å². The molecule has 0 heterocycles. The Morgan fingerprint density at radius 1 is 1.29 bits per heavy atom. The fraction of sp³-hybridized carbons (Fsp3) is 1.00. The molecule has 0 bridgehead atoms. The summed E-state index contributed by atoms with van der Waals surface area (Å²) >= 11 is 0. The molecule has 0 N–H and O–H groups in total. The van der Waals surface area contributed by atoms with E-state index in [0.29, 0.717) is 19.7 Å². The molecule has 0 atom stereocenters. The minimum absolute atomic E-state index is 0.241. The molecule has 0 amide bonds. The molecule has 0 aromatic heterocycles. The van der Waals surface area contributed by atoms with Gasteiger partial charge in [-0.1, -0.05) is 13.8 Å². The Morgan fingerprint density at radius 2 is 1.86 bits per heavy atom. The molecular formula is C8H18BF3NO-. The zero-order chi connectivity index (χ0) is 11.2. The summed E-state index contributed by atoms with van der Waals surface area (Å²) in [5.74, 6) is 0.241. The Morgan fingerprint density at radius 3 is 2.21 bits per heavy atom. The monoisotopic (exact) mass is 212 g/mol. The number of methoxy groups -OCH3 is 1. The van der Waals surface area contributed by atoms with Gasteiger partial charge in [-0.15, -0.1) is 0 Å². The number of ether oxygens (including phenoxy) is 1. The summed E-state index contributed by atoms with van der Waals surface area (Å²) in [7, 11) is 1.49. The second-order valence-electron chi connectivity index (χ2n) is 3.86. The summed E-state index contributed by atoms with van der Waals surface area (Å²) in [5, 5.41) is 0. The van der Waals surface area contributed by atoms with Crippen molar-refractivity contribution in [3.8, 4) is 0 Å². The molecule has 14 heavy (non-hydrogen) atoms. The molecule has 0 saturated heterocycles. The Balaban J connectivity index is 3.97. The molecule has 0 aliphatic heterocycles. The van der Waals surface area contributed by atoms with E-state index in [4.69, 9.17) is 4.74 Å². The lowest BCUT2D eigenvalue weighted by Crippen LogP contribution is -2.41. The summed E-state index contributed by atoms with van der Waals surface area (Å²) < 4.78 is 41.3. The van der Waals surface area contributed by atoms with Crippen LogP contribution in [0.15, 0.2) is 0 Å². The van der Waals surface area contributed by atoms with Gasteiger partial charge >= 0.3 is 6.98 Å². The fourth-order valence-electron chi connectivity index (χ4n) is 1.29. The maximum absolute atomic E-state index is 12.2. The van der Waals surface area contributed by atoms with Gasteiger partial charge in [-0.25, -0.2) is 0 Å². The Kier molecular flexibility index (Phi) is 6.19. The summed E-state index contributed by atoms with van der Waals surface area (Å²) in [6.45, 7) is 0.237. The predicted octanol–water partition coefficient (Wildman–Crippen LogP) is 1.98. The van der Waals surface area contributed by atoms with E-state index in [1.54, 1.807) is 0 Å². The fourth-order valence-corrected chi connectivity index (χ4v) is 1.29. The highest BCUT2D eigenvalue weighted by atomic mass is 19.4. The molecule has 0 aromatic rings. The minimum Gasteiger partial charge on any atom is -0.448 e. The largest absolute Gasteiger partial charge is 0.492 e.